The van der Waals surface area contributed by atoms with E-state index in [1.165, 1.54) is 23.6 Å². The minimum absolute atomic E-state index is 0.164. The van der Waals surface area contributed by atoms with Crippen LogP contribution in [0.5, 0.6) is 0 Å². The second-order valence-electron chi connectivity index (χ2n) is 4.16. The molecule has 1 aliphatic rings. The van der Waals surface area contributed by atoms with E-state index in [-0.39, 0.29) is 5.78 Å². The normalized spacial score (nSPS) is 19.3. The highest BCUT2D eigenvalue weighted by atomic mass is 16.1. The molecule has 0 radical (unpaired) electrons. The van der Waals surface area contributed by atoms with E-state index >= 15 is 0 Å². The molecule has 0 aromatic heterocycles. The molecular weight excluding hydrogens is 184 g/mol. The second-order valence-corrected chi connectivity index (χ2v) is 4.16. The van der Waals surface area contributed by atoms with Gasteiger partial charge in [-0.2, -0.15) is 0 Å². The first kappa shape index (κ1) is 10.2. The maximum atomic E-state index is 11.4. The van der Waals surface area contributed by atoms with Gasteiger partial charge in [0.15, 0.2) is 5.78 Å². The van der Waals surface area contributed by atoms with Crippen molar-refractivity contribution in [3.63, 3.8) is 0 Å². The van der Waals surface area contributed by atoms with Crippen molar-refractivity contribution in [2.75, 3.05) is 0 Å². The summed E-state index contributed by atoms with van der Waals surface area (Å²) in [6.45, 7) is 3.53. The summed E-state index contributed by atoms with van der Waals surface area (Å²) in [7, 11) is 0. The van der Waals surface area contributed by atoms with Gasteiger partial charge in [-0.15, -0.1) is 0 Å². The van der Waals surface area contributed by atoms with Crippen molar-refractivity contribution in [1.29, 1.82) is 0 Å². The van der Waals surface area contributed by atoms with E-state index in [0.717, 1.165) is 12.8 Å². The Bertz CT molecular complexity index is 379. The average molecular weight is 200 g/mol. The summed E-state index contributed by atoms with van der Waals surface area (Å²) < 4.78 is 0. The maximum Gasteiger partial charge on any atom is 0.155 e. The van der Waals surface area contributed by atoms with Crippen molar-refractivity contribution in [3.05, 3.63) is 48.0 Å². The van der Waals surface area contributed by atoms with Crippen molar-refractivity contribution in [2.24, 2.45) is 0 Å². The van der Waals surface area contributed by atoms with Gasteiger partial charge in [-0.25, -0.2) is 0 Å². The topological polar surface area (TPSA) is 17.1 Å². The van der Waals surface area contributed by atoms with Crippen molar-refractivity contribution in [3.8, 4) is 0 Å². The number of rotatable bonds is 3. The summed E-state index contributed by atoms with van der Waals surface area (Å²) in [6.07, 6.45) is 5.56. The van der Waals surface area contributed by atoms with Crippen LogP contribution in [0, 0.1) is 0 Å². The number of allylic oxidation sites excluding steroid dienone is 1. The minimum atomic E-state index is 0.164. The Morgan fingerprint density at radius 1 is 1.47 bits per heavy atom. The third-order valence-electron chi connectivity index (χ3n) is 3.17. The molecule has 0 amide bonds. The molecule has 1 aromatic carbocycles. The Morgan fingerprint density at radius 2 is 2.27 bits per heavy atom. The number of ketones is 1. The van der Waals surface area contributed by atoms with Gasteiger partial charge in [0.2, 0.25) is 0 Å². The van der Waals surface area contributed by atoms with Gasteiger partial charge >= 0.3 is 0 Å². The summed E-state index contributed by atoms with van der Waals surface area (Å²) in [6, 6.07) is 8.49. The molecule has 2 rings (SSSR count). The first-order chi connectivity index (χ1) is 7.31. The average Bonchev–Trinajstić information content (AvgIpc) is 2.29. The second kappa shape index (κ2) is 4.43. The van der Waals surface area contributed by atoms with Crippen molar-refractivity contribution in [1.82, 2.24) is 0 Å². The molecule has 0 N–H and O–H groups in total. The van der Waals surface area contributed by atoms with E-state index in [4.69, 9.17) is 0 Å². The molecule has 1 heteroatoms. The Hall–Kier alpha value is -1.37. The third-order valence-corrected chi connectivity index (χ3v) is 3.17. The lowest BCUT2D eigenvalue weighted by Gasteiger charge is -2.24. The van der Waals surface area contributed by atoms with E-state index in [1.807, 2.05) is 0 Å². The molecule has 1 aliphatic carbocycles. The lowest BCUT2D eigenvalue weighted by molar-refractivity contribution is -0.115. The quantitative estimate of drug-likeness (QED) is 0.684. The SMILES string of the molecule is C=CC(=O)C[C@@H]1CCCc2ccccc21. The van der Waals surface area contributed by atoms with Crippen LogP contribution in [0.4, 0.5) is 0 Å². The summed E-state index contributed by atoms with van der Waals surface area (Å²) in [4.78, 5) is 11.4. The minimum Gasteiger partial charge on any atom is -0.295 e. The van der Waals surface area contributed by atoms with Crippen LogP contribution in [0.1, 0.15) is 36.3 Å². The number of aryl methyl sites for hydroxylation is 1. The zero-order chi connectivity index (χ0) is 10.7. The Morgan fingerprint density at radius 3 is 3.07 bits per heavy atom. The van der Waals surface area contributed by atoms with E-state index in [1.54, 1.807) is 0 Å². The van der Waals surface area contributed by atoms with Crippen LogP contribution in [0.15, 0.2) is 36.9 Å². The molecule has 1 aromatic rings. The number of carbonyl (C=O) groups is 1. The molecular formula is C14H16O. The van der Waals surface area contributed by atoms with Crippen LogP contribution in [-0.2, 0) is 11.2 Å². The van der Waals surface area contributed by atoms with E-state index in [0.29, 0.717) is 12.3 Å². The van der Waals surface area contributed by atoms with Gasteiger partial charge in [-0.05, 0) is 42.4 Å². The third kappa shape index (κ3) is 2.17. The molecule has 0 spiro atoms. The Balaban J connectivity index is 2.22. The maximum absolute atomic E-state index is 11.4. The van der Waals surface area contributed by atoms with Crippen LogP contribution in [0.25, 0.3) is 0 Å². The molecule has 15 heavy (non-hydrogen) atoms. The molecule has 0 fully saturated rings. The fraction of sp³-hybridized carbons (Fsp3) is 0.357. The first-order valence-corrected chi connectivity index (χ1v) is 5.54. The van der Waals surface area contributed by atoms with Crippen LogP contribution in [-0.4, -0.2) is 5.78 Å². The highest BCUT2D eigenvalue weighted by Crippen LogP contribution is 2.33. The van der Waals surface area contributed by atoms with Crippen molar-refractivity contribution < 1.29 is 4.79 Å². The number of hydrogen-bond acceptors (Lipinski definition) is 1. The predicted octanol–water partition coefficient (Wildman–Crippen LogP) is 3.25. The van der Waals surface area contributed by atoms with Crippen LogP contribution in [0.2, 0.25) is 0 Å². The van der Waals surface area contributed by atoms with Crippen molar-refractivity contribution in [2.45, 2.75) is 31.6 Å². The molecule has 0 unspecified atom stereocenters. The summed E-state index contributed by atoms with van der Waals surface area (Å²) in [5.74, 6) is 0.581. The lowest BCUT2D eigenvalue weighted by atomic mass is 9.80. The number of fused-ring (bicyclic) bond motifs is 1. The molecule has 78 valence electrons. The van der Waals surface area contributed by atoms with Gasteiger partial charge in [0.1, 0.15) is 0 Å². The predicted molar refractivity (Wildman–Crippen MR) is 61.9 cm³/mol. The molecule has 1 atom stereocenters. The van der Waals surface area contributed by atoms with Crippen LogP contribution >= 0.6 is 0 Å². The Kier molecular flexibility index (Phi) is 3.00. The fourth-order valence-corrected chi connectivity index (χ4v) is 2.39. The molecule has 0 heterocycles. The van der Waals surface area contributed by atoms with Gasteiger partial charge in [0, 0.05) is 6.42 Å². The van der Waals surface area contributed by atoms with E-state index < -0.39 is 0 Å². The largest absolute Gasteiger partial charge is 0.295 e. The number of benzene rings is 1. The number of carbonyl (C=O) groups excluding carboxylic acids is 1. The first-order valence-electron chi connectivity index (χ1n) is 5.54. The monoisotopic (exact) mass is 200 g/mol. The van der Waals surface area contributed by atoms with E-state index in [9.17, 15) is 4.79 Å². The highest BCUT2D eigenvalue weighted by molar-refractivity contribution is 5.89. The zero-order valence-electron chi connectivity index (χ0n) is 8.91. The van der Waals surface area contributed by atoms with Gasteiger partial charge in [-0.1, -0.05) is 30.8 Å². The molecule has 0 saturated heterocycles. The highest BCUT2D eigenvalue weighted by Gasteiger charge is 2.20. The fourth-order valence-electron chi connectivity index (χ4n) is 2.39. The molecule has 0 bridgehead atoms. The van der Waals surface area contributed by atoms with Crippen molar-refractivity contribution >= 4 is 5.78 Å². The van der Waals surface area contributed by atoms with Gasteiger partial charge in [-0.3, -0.25) is 4.79 Å². The number of hydrogen-bond donors (Lipinski definition) is 0. The summed E-state index contributed by atoms with van der Waals surface area (Å²) in [5, 5.41) is 0. The van der Waals surface area contributed by atoms with Crippen LogP contribution in [0.3, 0.4) is 0 Å². The van der Waals surface area contributed by atoms with E-state index in [2.05, 4.69) is 30.8 Å². The van der Waals surface area contributed by atoms with Crippen LogP contribution < -0.4 is 0 Å². The molecule has 0 aliphatic heterocycles. The van der Waals surface area contributed by atoms with Gasteiger partial charge in [0.25, 0.3) is 0 Å². The van der Waals surface area contributed by atoms with Gasteiger partial charge < -0.3 is 0 Å². The summed E-state index contributed by atoms with van der Waals surface area (Å²) >= 11 is 0. The lowest BCUT2D eigenvalue weighted by Crippen LogP contribution is -2.12. The molecule has 0 saturated carbocycles. The zero-order valence-corrected chi connectivity index (χ0v) is 8.91. The molecule has 1 nitrogen and oxygen atoms in total. The Labute approximate surface area is 90.8 Å². The van der Waals surface area contributed by atoms with Gasteiger partial charge in [0.05, 0.1) is 0 Å². The summed E-state index contributed by atoms with van der Waals surface area (Å²) in [5.41, 5.74) is 2.80. The standard InChI is InChI=1S/C14H16O/c1-2-13(15)10-12-8-5-7-11-6-3-4-9-14(11)12/h2-4,6,9,12H,1,5,7-8,10H2/t12-/m0/s1. The smallest absolute Gasteiger partial charge is 0.155 e.